The fraction of sp³-hybridized carbons (Fsp3) is 0.333. The summed E-state index contributed by atoms with van der Waals surface area (Å²) in [4.78, 5) is 31.3. The van der Waals surface area contributed by atoms with Gasteiger partial charge in [0, 0.05) is 35.8 Å². The maximum Gasteiger partial charge on any atom is 0.311 e. The van der Waals surface area contributed by atoms with E-state index in [1.807, 2.05) is 54.6 Å². The summed E-state index contributed by atoms with van der Waals surface area (Å²) in [6, 6.07) is 17.1. The number of H-pyrrole nitrogens is 1. The number of carboxylic acid groups (broad SMARTS) is 1. The van der Waals surface area contributed by atoms with Crippen molar-refractivity contribution in [1.29, 1.82) is 0 Å². The number of carboxylic acids is 1. The predicted molar refractivity (Wildman–Crippen MR) is 111 cm³/mol. The lowest BCUT2D eigenvalue weighted by Gasteiger charge is -2.29. The Bertz CT molecular complexity index is 1070. The van der Waals surface area contributed by atoms with Gasteiger partial charge in [-0.05, 0) is 30.4 Å². The van der Waals surface area contributed by atoms with E-state index >= 15 is 0 Å². The second-order valence-corrected chi connectivity index (χ2v) is 8.41. The molecule has 5 nitrogen and oxygen atoms in total. The van der Waals surface area contributed by atoms with Crippen molar-refractivity contribution in [2.45, 2.75) is 25.3 Å². The van der Waals surface area contributed by atoms with Gasteiger partial charge in [-0.2, -0.15) is 0 Å². The average Bonchev–Trinajstić information content (AvgIpc) is 3.41. The van der Waals surface area contributed by atoms with Crippen molar-refractivity contribution >= 4 is 22.7 Å². The van der Waals surface area contributed by atoms with Crippen LogP contribution in [0.25, 0.3) is 10.9 Å². The van der Waals surface area contributed by atoms with Crippen LogP contribution in [0.15, 0.2) is 60.8 Å². The second-order valence-electron chi connectivity index (χ2n) is 8.41. The van der Waals surface area contributed by atoms with Crippen LogP contribution < -0.4 is 0 Å². The van der Waals surface area contributed by atoms with E-state index in [1.54, 1.807) is 6.20 Å². The molecule has 0 amide bonds. The number of ketones is 1. The van der Waals surface area contributed by atoms with E-state index < -0.39 is 17.4 Å². The first kappa shape index (κ1) is 18.1. The van der Waals surface area contributed by atoms with Crippen molar-refractivity contribution in [3.05, 3.63) is 71.9 Å². The fourth-order valence-electron chi connectivity index (χ4n) is 5.46. The molecule has 1 aromatic heterocycles. The summed E-state index contributed by atoms with van der Waals surface area (Å²) in [5, 5.41) is 10.9. The average molecular weight is 388 g/mol. The number of para-hydroxylation sites is 1. The summed E-state index contributed by atoms with van der Waals surface area (Å²) in [5.74, 6) is -0.579. The Morgan fingerprint density at radius 2 is 1.86 bits per heavy atom. The van der Waals surface area contributed by atoms with Crippen molar-refractivity contribution in [2.75, 3.05) is 13.1 Å². The summed E-state index contributed by atoms with van der Waals surface area (Å²) in [6.45, 7) is 1.08. The molecule has 1 aliphatic heterocycles. The lowest BCUT2D eigenvalue weighted by Crippen LogP contribution is -2.38. The van der Waals surface area contributed by atoms with Crippen LogP contribution in [0.3, 0.4) is 0 Å². The summed E-state index contributed by atoms with van der Waals surface area (Å²) >= 11 is 0. The minimum Gasteiger partial charge on any atom is -0.481 e. The summed E-state index contributed by atoms with van der Waals surface area (Å²) < 4.78 is 0. The summed E-state index contributed by atoms with van der Waals surface area (Å²) in [6.07, 6.45) is 4.36. The van der Waals surface area contributed by atoms with E-state index in [1.165, 1.54) is 0 Å². The number of likely N-dealkylation sites (tertiary alicyclic amines) is 1. The van der Waals surface area contributed by atoms with Crippen molar-refractivity contribution in [3.63, 3.8) is 0 Å². The molecule has 1 aliphatic carbocycles. The first-order valence-corrected chi connectivity index (χ1v) is 10.2. The molecule has 1 unspecified atom stereocenters. The van der Waals surface area contributed by atoms with E-state index in [0.717, 1.165) is 29.3 Å². The van der Waals surface area contributed by atoms with Crippen molar-refractivity contribution in [2.24, 2.45) is 11.3 Å². The number of aromatic amines is 1. The smallest absolute Gasteiger partial charge is 0.311 e. The third-order valence-electron chi connectivity index (χ3n) is 6.91. The van der Waals surface area contributed by atoms with Gasteiger partial charge in [0.2, 0.25) is 0 Å². The topological polar surface area (TPSA) is 73.4 Å². The van der Waals surface area contributed by atoms with Crippen LogP contribution in [-0.4, -0.2) is 39.8 Å². The largest absolute Gasteiger partial charge is 0.481 e. The third-order valence-corrected chi connectivity index (χ3v) is 6.91. The Hall–Kier alpha value is -2.92. The van der Waals surface area contributed by atoms with Crippen LogP contribution in [0.2, 0.25) is 0 Å². The number of aromatic nitrogens is 1. The zero-order valence-corrected chi connectivity index (χ0v) is 16.2. The minimum absolute atomic E-state index is 0.0224. The van der Waals surface area contributed by atoms with Crippen molar-refractivity contribution in [1.82, 2.24) is 9.88 Å². The Balaban J connectivity index is 1.57. The molecule has 0 spiro atoms. The third kappa shape index (κ3) is 2.80. The van der Waals surface area contributed by atoms with Gasteiger partial charge in [-0.3, -0.25) is 14.5 Å². The van der Waals surface area contributed by atoms with Crippen LogP contribution in [0.1, 0.15) is 41.2 Å². The standard InChI is InChI=1S/C24H24N2O3/c27-22(19-13-25-20-11-5-4-10-18(19)20)21(16-7-2-1-3-8-16)26-14-17-9-6-12-24(17,15-26)23(28)29/h1-5,7-8,10-11,13,17,21,25H,6,9,12,14-15H2,(H,28,29)/t17-,21?,24+/m0/s1. The number of fused-ring (bicyclic) bond motifs is 2. The van der Waals surface area contributed by atoms with E-state index in [2.05, 4.69) is 9.88 Å². The number of carbonyl (C=O) groups is 2. The zero-order valence-electron chi connectivity index (χ0n) is 16.2. The molecule has 1 saturated heterocycles. The highest BCUT2D eigenvalue weighted by molar-refractivity contribution is 6.10. The minimum atomic E-state index is -0.715. The quantitative estimate of drug-likeness (QED) is 0.640. The maximum atomic E-state index is 13.8. The number of Topliss-reactive ketones (excluding diaryl/α,β-unsaturated/α-hetero) is 1. The molecule has 29 heavy (non-hydrogen) atoms. The molecule has 5 heteroatoms. The van der Waals surface area contributed by atoms with E-state index in [9.17, 15) is 14.7 Å². The van der Waals surface area contributed by atoms with Crippen LogP contribution in [0.5, 0.6) is 0 Å². The van der Waals surface area contributed by atoms with Gasteiger partial charge in [0.15, 0.2) is 5.78 Å². The molecule has 2 aliphatic rings. The Morgan fingerprint density at radius 1 is 1.10 bits per heavy atom. The van der Waals surface area contributed by atoms with Crippen LogP contribution in [0.4, 0.5) is 0 Å². The Labute approximate surface area is 169 Å². The van der Waals surface area contributed by atoms with Gasteiger partial charge in [0.1, 0.15) is 0 Å². The number of rotatable bonds is 5. The number of nitrogens with zero attached hydrogens (tertiary/aromatic N) is 1. The molecule has 0 radical (unpaired) electrons. The zero-order chi connectivity index (χ0) is 20.0. The predicted octanol–water partition coefficient (Wildman–Crippen LogP) is 4.28. The number of hydrogen-bond acceptors (Lipinski definition) is 3. The van der Waals surface area contributed by atoms with Crippen LogP contribution in [0, 0.1) is 11.3 Å². The molecule has 2 fully saturated rings. The Morgan fingerprint density at radius 3 is 2.62 bits per heavy atom. The molecular weight excluding hydrogens is 364 g/mol. The molecular formula is C24H24N2O3. The normalized spacial score (nSPS) is 25.2. The lowest BCUT2D eigenvalue weighted by molar-refractivity contribution is -0.149. The van der Waals surface area contributed by atoms with Gasteiger partial charge in [0.25, 0.3) is 0 Å². The molecule has 2 N–H and O–H groups in total. The van der Waals surface area contributed by atoms with Crippen LogP contribution in [-0.2, 0) is 4.79 Å². The van der Waals surface area contributed by atoms with Crippen molar-refractivity contribution < 1.29 is 14.7 Å². The van der Waals surface area contributed by atoms with E-state index in [4.69, 9.17) is 0 Å². The number of hydrogen-bond donors (Lipinski definition) is 2. The molecule has 0 bridgehead atoms. The molecule has 3 aromatic rings. The van der Waals surface area contributed by atoms with Gasteiger partial charge in [0.05, 0.1) is 11.5 Å². The van der Waals surface area contributed by atoms with Gasteiger partial charge < -0.3 is 10.1 Å². The van der Waals surface area contributed by atoms with Gasteiger partial charge in [-0.1, -0.05) is 55.0 Å². The molecule has 2 aromatic carbocycles. The molecule has 2 heterocycles. The second kappa shape index (κ2) is 6.85. The summed E-state index contributed by atoms with van der Waals surface area (Å²) in [7, 11) is 0. The molecule has 148 valence electrons. The molecule has 3 atom stereocenters. The summed E-state index contributed by atoms with van der Waals surface area (Å²) in [5.41, 5.74) is 1.80. The fourth-order valence-corrected chi connectivity index (χ4v) is 5.46. The molecule has 1 saturated carbocycles. The highest BCUT2D eigenvalue weighted by atomic mass is 16.4. The first-order valence-electron chi connectivity index (χ1n) is 10.2. The van der Waals surface area contributed by atoms with Gasteiger partial charge in [-0.15, -0.1) is 0 Å². The Kier molecular flexibility index (Phi) is 4.28. The number of carbonyl (C=O) groups excluding carboxylic acids is 1. The van der Waals surface area contributed by atoms with Gasteiger partial charge in [-0.25, -0.2) is 0 Å². The number of nitrogens with one attached hydrogen (secondary N) is 1. The first-order chi connectivity index (χ1) is 14.1. The van der Waals surface area contributed by atoms with Gasteiger partial charge >= 0.3 is 5.97 Å². The number of benzene rings is 2. The highest BCUT2D eigenvalue weighted by Gasteiger charge is 2.56. The monoisotopic (exact) mass is 388 g/mol. The molecule has 5 rings (SSSR count). The van der Waals surface area contributed by atoms with Crippen molar-refractivity contribution in [3.8, 4) is 0 Å². The SMILES string of the molecule is O=C(c1c[nH]c2ccccc12)C(c1ccccc1)N1C[C@@H]2CCC[C@@]2(C(=O)O)C1. The lowest BCUT2D eigenvalue weighted by atomic mass is 9.81. The van der Waals surface area contributed by atoms with E-state index in [-0.39, 0.29) is 11.7 Å². The van der Waals surface area contributed by atoms with Crippen LogP contribution >= 0.6 is 0 Å². The number of aliphatic carboxylic acids is 1. The highest BCUT2D eigenvalue weighted by Crippen LogP contribution is 2.51. The van der Waals surface area contributed by atoms with E-state index in [0.29, 0.717) is 25.1 Å². The maximum absolute atomic E-state index is 13.8.